The monoisotopic (exact) mass is 364 g/mol. The molecule has 2 N–H and O–H groups in total. The third-order valence-electron chi connectivity index (χ3n) is 3.17. The second kappa shape index (κ2) is 7.79. The first-order chi connectivity index (χ1) is 10.6. The van der Waals surface area contributed by atoms with Gasteiger partial charge in [-0.1, -0.05) is 35.0 Å². The second-order valence-electron chi connectivity index (χ2n) is 4.74. The first-order valence-corrected chi connectivity index (χ1v) is 7.74. The van der Waals surface area contributed by atoms with Crippen LogP contribution >= 0.6 is 15.9 Å². The summed E-state index contributed by atoms with van der Waals surface area (Å²) in [6, 6.07) is 10.9. The third-order valence-corrected chi connectivity index (χ3v) is 3.70. The first-order valence-electron chi connectivity index (χ1n) is 6.95. The van der Waals surface area contributed by atoms with Crippen LogP contribution in [0.2, 0.25) is 0 Å². The number of halogens is 1. The molecule has 0 saturated carbocycles. The van der Waals surface area contributed by atoms with Gasteiger partial charge in [0.15, 0.2) is 6.61 Å². The molecule has 2 rings (SSSR count). The minimum Gasteiger partial charge on any atom is -0.451 e. The maximum Gasteiger partial charge on any atom is 0.355 e. The molecule has 116 valence electrons. The zero-order valence-corrected chi connectivity index (χ0v) is 13.7. The molecule has 0 unspecified atom stereocenters. The molecule has 0 fully saturated rings. The molecule has 22 heavy (non-hydrogen) atoms. The highest BCUT2D eigenvalue weighted by molar-refractivity contribution is 9.10. The Hall–Kier alpha value is -2.08. The average Bonchev–Trinajstić information content (AvgIpc) is 3.05. The molecule has 0 radical (unpaired) electrons. The van der Waals surface area contributed by atoms with Gasteiger partial charge in [0, 0.05) is 10.7 Å². The topological polar surface area (TPSA) is 71.2 Å². The first kappa shape index (κ1) is 16.3. The van der Waals surface area contributed by atoms with Gasteiger partial charge in [0.1, 0.15) is 5.69 Å². The maximum absolute atomic E-state index is 11.9. The van der Waals surface area contributed by atoms with E-state index in [4.69, 9.17) is 4.74 Å². The Morgan fingerprint density at radius 3 is 2.59 bits per heavy atom. The Morgan fingerprint density at radius 2 is 2.00 bits per heavy atom. The zero-order valence-electron chi connectivity index (χ0n) is 12.1. The third kappa shape index (κ3) is 4.46. The predicted octanol–water partition coefficient (Wildman–Crippen LogP) is 3.20. The van der Waals surface area contributed by atoms with E-state index in [2.05, 4.69) is 26.2 Å². The number of amides is 1. The Balaban J connectivity index is 1.87. The van der Waals surface area contributed by atoms with Gasteiger partial charge in [-0.15, -0.1) is 0 Å². The number of hydrogen-bond acceptors (Lipinski definition) is 3. The minimum absolute atomic E-state index is 0.107. The van der Waals surface area contributed by atoms with Crippen LogP contribution in [0.4, 0.5) is 0 Å². The van der Waals surface area contributed by atoms with Crippen LogP contribution in [0, 0.1) is 0 Å². The van der Waals surface area contributed by atoms with Crippen molar-refractivity contribution in [2.75, 3.05) is 6.61 Å². The fourth-order valence-electron chi connectivity index (χ4n) is 2.02. The smallest absolute Gasteiger partial charge is 0.355 e. The number of rotatable bonds is 6. The number of aromatic amines is 1. The van der Waals surface area contributed by atoms with E-state index >= 15 is 0 Å². The van der Waals surface area contributed by atoms with Gasteiger partial charge < -0.3 is 15.0 Å². The quantitative estimate of drug-likeness (QED) is 0.773. The molecule has 0 aliphatic carbocycles. The summed E-state index contributed by atoms with van der Waals surface area (Å²) in [4.78, 5) is 26.3. The SMILES string of the molecule is CC[C@H](NC(=O)COC(=O)c1ccc[nH]1)c1ccc(Br)cc1. The molecule has 1 aromatic heterocycles. The summed E-state index contributed by atoms with van der Waals surface area (Å²) < 4.78 is 5.94. The summed E-state index contributed by atoms with van der Waals surface area (Å²) in [6.07, 6.45) is 2.37. The summed E-state index contributed by atoms with van der Waals surface area (Å²) in [6.45, 7) is 1.68. The standard InChI is InChI=1S/C16H17BrN2O3/c1-2-13(11-5-7-12(17)8-6-11)19-15(20)10-22-16(21)14-4-3-9-18-14/h3-9,13,18H,2,10H2,1H3,(H,19,20)/t13-/m0/s1. The number of esters is 1. The molecular weight excluding hydrogens is 348 g/mol. The van der Waals surface area contributed by atoms with Gasteiger partial charge in [0.2, 0.25) is 0 Å². The van der Waals surface area contributed by atoms with E-state index in [0.29, 0.717) is 5.69 Å². The zero-order chi connectivity index (χ0) is 15.9. The molecule has 0 saturated heterocycles. The highest BCUT2D eigenvalue weighted by Gasteiger charge is 2.15. The van der Waals surface area contributed by atoms with Crippen molar-refractivity contribution in [3.8, 4) is 0 Å². The van der Waals surface area contributed by atoms with Crippen LogP contribution in [0.5, 0.6) is 0 Å². The fraction of sp³-hybridized carbons (Fsp3) is 0.250. The normalized spacial score (nSPS) is 11.7. The van der Waals surface area contributed by atoms with Gasteiger partial charge in [-0.25, -0.2) is 4.79 Å². The van der Waals surface area contributed by atoms with Crippen LogP contribution in [0.1, 0.15) is 35.4 Å². The van der Waals surface area contributed by atoms with E-state index in [1.807, 2.05) is 31.2 Å². The number of aromatic nitrogens is 1. The average molecular weight is 365 g/mol. The highest BCUT2D eigenvalue weighted by Crippen LogP contribution is 2.19. The Morgan fingerprint density at radius 1 is 1.27 bits per heavy atom. The molecule has 0 aliphatic heterocycles. The van der Waals surface area contributed by atoms with E-state index in [9.17, 15) is 9.59 Å². The molecule has 1 amide bonds. The van der Waals surface area contributed by atoms with Gasteiger partial charge in [-0.3, -0.25) is 4.79 Å². The molecule has 0 bridgehead atoms. The Labute approximate surface area is 137 Å². The fourth-order valence-corrected chi connectivity index (χ4v) is 2.28. The van der Waals surface area contributed by atoms with Crippen molar-refractivity contribution >= 4 is 27.8 Å². The highest BCUT2D eigenvalue weighted by atomic mass is 79.9. The van der Waals surface area contributed by atoms with E-state index < -0.39 is 5.97 Å². The molecule has 1 aromatic carbocycles. The lowest BCUT2D eigenvalue weighted by Gasteiger charge is -2.17. The van der Waals surface area contributed by atoms with Crippen molar-refractivity contribution < 1.29 is 14.3 Å². The maximum atomic E-state index is 11.9. The lowest BCUT2D eigenvalue weighted by atomic mass is 10.0. The molecule has 0 aliphatic rings. The van der Waals surface area contributed by atoms with Crippen molar-refractivity contribution in [2.24, 2.45) is 0 Å². The van der Waals surface area contributed by atoms with E-state index in [1.165, 1.54) is 0 Å². The Bertz CT molecular complexity index is 623. The van der Waals surface area contributed by atoms with Gasteiger partial charge in [-0.05, 0) is 36.2 Å². The molecule has 1 atom stereocenters. The van der Waals surface area contributed by atoms with Gasteiger partial charge in [-0.2, -0.15) is 0 Å². The van der Waals surface area contributed by atoms with Crippen molar-refractivity contribution in [2.45, 2.75) is 19.4 Å². The summed E-state index contributed by atoms with van der Waals surface area (Å²) in [5.74, 6) is -0.869. The van der Waals surface area contributed by atoms with Crippen LogP contribution in [-0.4, -0.2) is 23.5 Å². The lowest BCUT2D eigenvalue weighted by Crippen LogP contribution is -2.32. The number of carbonyl (C=O) groups is 2. The summed E-state index contributed by atoms with van der Waals surface area (Å²) in [7, 11) is 0. The van der Waals surface area contributed by atoms with Gasteiger partial charge >= 0.3 is 5.97 Å². The number of H-pyrrole nitrogens is 1. The molecule has 5 nitrogen and oxygen atoms in total. The van der Waals surface area contributed by atoms with Crippen LogP contribution in [0.3, 0.4) is 0 Å². The molecule has 1 heterocycles. The van der Waals surface area contributed by atoms with E-state index in [0.717, 1.165) is 16.5 Å². The number of hydrogen-bond donors (Lipinski definition) is 2. The molecule has 2 aromatic rings. The predicted molar refractivity (Wildman–Crippen MR) is 86.4 cm³/mol. The van der Waals surface area contributed by atoms with Crippen LogP contribution in [0.15, 0.2) is 47.1 Å². The van der Waals surface area contributed by atoms with Gasteiger partial charge in [0.05, 0.1) is 6.04 Å². The van der Waals surface area contributed by atoms with Crippen LogP contribution < -0.4 is 5.32 Å². The van der Waals surface area contributed by atoms with Crippen LogP contribution in [-0.2, 0) is 9.53 Å². The molecule has 6 heteroatoms. The number of ether oxygens (including phenoxy) is 1. The second-order valence-corrected chi connectivity index (χ2v) is 5.66. The lowest BCUT2D eigenvalue weighted by molar-refractivity contribution is -0.125. The van der Waals surface area contributed by atoms with Crippen molar-refractivity contribution in [1.29, 1.82) is 0 Å². The van der Waals surface area contributed by atoms with E-state index in [-0.39, 0.29) is 18.6 Å². The largest absolute Gasteiger partial charge is 0.451 e. The summed E-state index contributed by atoms with van der Waals surface area (Å²) in [5, 5.41) is 2.86. The molecule has 0 spiro atoms. The van der Waals surface area contributed by atoms with E-state index in [1.54, 1.807) is 18.3 Å². The summed E-state index contributed by atoms with van der Waals surface area (Å²) in [5.41, 5.74) is 1.34. The van der Waals surface area contributed by atoms with Crippen molar-refractivity contribution in [1.82, 2.24) is 10.3 Å². The summed E-state index contributed by atoms with van der Waals surface area (Å²) >= 11 is 3.38. The number of carbonyl (C=O) groups excluding carboxylic acids is 2. The minimum atomic E-state index is -0.545. The Kier molecular flexibility index (Phi) is 5.77. The van der Waals surface area contributed by atoms with Gasteiger partial charge in [0.25, 0.3) is 5.91 Å². The van der Waals surface area contributed by atoms with Crippen molar-refractivity contribution in [3.63, 3.8) is 0 Å². The van der Waals surface area contributed by atoms with Crippen LogP contribution in [0.25, 0.3) is 0 Å². The number of benzene rings is 1. The molecular formula is C16H17BrN2O3. The van der Waals surface area contributed by atoms with Crippen molar-refractivity contribution in [3.05, 3.63) is 58.3 Å². The number of nitrogens with one attached hydrogen (secondary N) is 2.